The van der Waals surface area contributed by atoms with Crippen LogP contribution in [0.3, 0.4) is 0 Å². The molecular weight excluding hydrogens is 305 g/mol. The molecule has 0 heterocycles. The zero-order valence-electron chi connectivity index (χ0n) is 10.7. The minimum atomic E-state index is -3.73. The molecular formula is C13H15Cl2NO2S. The first-order chi connectivity index (χ1) is 8.80. The van der Waals surface area contributed by atoms with Gasteiger partial charge in [-0.05, 0) is 31.0 Å². The van der Waals surface area contributed by atoms with Crippen LogP contribution in [0, 0.1) is 12.3 Å². The lowest BCUT2D eigenvalue weighted by atomic mass is 9.96. The summed E-state index contributed by atoms with van der Waals surface area (Å²) in [4.78, 5) is 0.0448. The van der Waals surface area contributed by atoms with Crippen molar-refractivity contribution in [1.82, 2.24) is 4.72 Å². The summed E-state index contributed by atoms with van der Waals surface area (Å²) in [6.45, 7) is 3.67. The highest BCUT2D eigenvalue weighted by molar-refractivity contribution is 7.89. The van der Waals surface area contributed by atoms with E-state index in [4.69, 9.17) is 29.6 Å². The van der Waals surface area contributed by atoms with Gasteiger partial charge in [-0.15, -0.1) is 6.42 Å². The Morgan fingerprint density at radius 2 is 1.84 bits per heavy atom. The number of rotatable bonds is 5. The molecule has 1 rings (SSSR count). The van der Waals surface area contributed by atoms with E-state index in [0.717, 1.165) is 0 Å². The highest BCUT2D eigenvalue weighted by Gasteiger charge is 2.30. The van der Waals surface area contributed by atoms with Crippen LogP contribution in [-0.2, 0) is 10.0 Å². The summed E-state index contributed by atoms with van der Waals surface area (Å²) < 4.78 is 27.1. The average molecular weight is 320 g/mol. The molecule has 1 N–H and O–H groups in total. The molecule has 6 heteroatoms. The Balaban J connectivity index is 3.18. The zero-order chi connectivity index (χ0) is 14.7. The third-order valence-electron chi connectivity index (χ3n) is 3.01. The zero-order valence-corrected chi connectivity index (χ0v) is 13.0. The number of terminal acetylenes is 1. The van der Waals surface area contributed by atoms with Gasteiger partial charge in [-0.2, -0.15) is 4.72 Å². The molecule has 1 aromatic rings. The molecule has 0 fully saturated rings. The fourth-order valence-electron chi connectivity index (χ4n) is 1.59. The van der Waals surface area contributed by atoms with E-state index in [9.17, 15) is 8.42 Å². The van der Waals surface area contributed by atoms with Crippen molar-refractivity contribution < 1.29 is 8.42 Å². The summed E-state index contributed by atoms with van der Waals surface area (Å²) in [6, 6.07) is 4.13. The summed E-state index contributed by atoms with van der Waals surface area (Å²) in [5.41, 5.74) is -0.884. The molecule has 19 heavy (non-hydrogen) atoms. The minimum Gasteiger partial charge on any atom is -0.207 e. The van der Waals surface area contributed by atoms with Crippen LogP contribution in [0.2, 0.25) is 10.0 Å². The normalized spacial score (nSPS) is 12.2. The summed E-state index contributed by atoms with van der Waals surface area (Å²) in [6.07, 6.45) is 6.45. The van der Waals surface area contributed by atoms with Crippen molar-refractivity contribution in [3.63, 3.8) is 0 Å². The van der Waals surface area contributed by atoms with Gasteiger partial charge in [0.1, 0.15) is 0 Å². The SMILES string of the molecule is C#CC(CC)(CC)NS(=O)(=O)c1ccc(Cl)c(Cl)c1. The van der Waals surface area contributed by atoms with Gasteiger partial charge in [0.2, 0.25) is 10.0 Å². The molecule has 0 aliphatic carbocycles. The Bertz CT molecular complexity index is 602. The Hall–Kier alpha value is -0.730. The van der Waals surface area contributed by atoms with Crippen LogP contribution in [-0.4, -0.2) is 14.0 Å². The molecule has 0 spiro atoms. The molecule has 0 saturated heterocycles. The first-order valence-electron chi connectivity index (χ1n) is 5.77. The van der Waals surface area contributed by atoms with E-state index in [1.165, 1.54) is 18.2 Å². The van der Waals surface area contributed by atoms with Crippen molar-refractivity contribution in [1.29, 1.82) is 0 Å². The maximum Gasteiger partial charge on any atom is 0.241 e. The first kappa shape index (κ1) is 16.3. The second kappa shape index (κ2) is 6.15. The van der Waals surface area contributed by atoms with Crippen molar-refractivity contribution in [3.8, 4) is 12.3 Å². The van der Waals surface area contributed by atoms with Gasteiger partial charge < -0.3 is 0 Å². The van der Waals surface area contributed by atoms with Crippen LogP contribution in [0.5, 0.6) is 0 Å². The van der Waals surface area contributed by atoms with E-state index in [1.54, 1.807) is 0 Å². The smallest absolute Gasteiger partial charge is 0.207 e. The van der Waals surface area contributed by atoms with E-state index in [-0.39, 0.29) is 9.92 Å². The number of halogens is 2. The predicted octanol–water partition coefficient (Wildman–Crippen LogP) is 3.46. The van der Waals surface area contributed by atoms with Gasteiger partial charge in [-0.25, -0.2) is 8.42 Å². The van der Waals surface area contributed by atoms with Gasteiger partial charge >= 0.3 is 0 Å². The van der Waals surface area contributed by atoms with Crippen LogP contribution < -0.4 is 4.72 Å². The molecule has 1 aromatic carbocycles. The minimum absolute atomic E-state index is 0.0448. The maximum absolute atomic E-state index is 12.3. The molecule has 0 aromatic heterocycles. The second-order valence-corrected chi connectivity index (χ2v) is 6.61. The Morgan fingerprint density at radius 3 is 2.26 bits per heavy atom. The molecule has 0 amide bonds. The predicted molar refractivity (Wildman–Crippen MR) is 78.9 cm³/mol. The Kier molecular flexibility index (Phi) is 5.28. The molecule has 0 saturated carbocycles. The highest BCUT2D eigenvalue weighted by atomic mass is 35.5. The van der Waals surface area contributed by atoms with Gasteiger partial charge in [-0.1, -0.05) is 43.0 Å². The van der Waals surface area contributed by atoms with Crippen LogP contribution in [0.15, 0.2) is 23.1 Å². The molecule has 104 valence electrons. The van der Waals surface area contributed by atoms with Crippen molar-refractivity contribution >= 4 is 33.2 Å². The summed E-state index contributed by atoms with van der Waals surface area (Å²) in [7, 11) is -3.73. The van der Waals surface area contributed by atoms with Crippen molar-refractivity contribution in [3.05, 3.63) is 28.2 Å². The summed E-state index contributed by atoms with van der Waals surface area (Å²) in [5.74, 6) is 2.52. The number of hydrogen-bond acceptors (Lipinski definition) is 2. The summed E-state index contributed by atoms with van der Waals surface area (Å²) >= 11 is 11.6. The van der Waals surface area contributed by atoms with Crippen LogP contribution in [0.1, 0.15) is 26.7 Å². The van der Waals surface area contributed by atoms with E-state index < -0.39 is 15.6 Å². The third kappa shape index (κ3) is 3.64. The standard InChI is InChI=1S/C13H15Cl2NO2S/c1-4-13(5-2,6-3)16-19(17,18)10-7-8-11(14)12(15)9-10/h1,7-9,16H,5-6H2,2-3H3. The van der Waals surface area contributed by atoms with Gasteiger partial charge in [0.05, 0.1) is 20.5 Å². The van der Waals surface area contributed by atoms with Gasteiger partial charge in [0.25, 0.3) is 0 Å². The van der Waals surface area contributed by atoms with Crippen LogP contribution in [0.4, 0.5) is 0 Å². The number of benzene rings is 1. The van der Waals surface area contributed by atoms with Crippen molar-refractivity contribution in [2.45, 2.75) is 37.1 Å². The second-order valence-electron chi connectivity index (χ2n) is 4.11. The van der Waals surface area contributed by atoms with E-state index in [2.05, 4.69) is 10.6 Å². The lowest BCUT2D eigenvalue weighted by Crippen LogP contribution is -2.46. The largest absolute Gasteiger partial charge is 0.241 e. The highest BCUT2D eigenvalue weighted by Crippen LogP contribution is 2.26. The molecule has 0 atom stereocenters. The number of hydrogen-bond donors (Lipinski definition) is 1. The molecule has 3 nitrogen and oxygen atoms in total. The molecule has 0 bridgehead atoms. The van der Waals surface area contributed by atoms with Crippen LogP contribution in [0.25, 0.3) is 0 Å². The molecule has 0 radical (unpaired) electrons. The summed E-state index contributed by atoms with van der Waals surface area (Å²) in [5, 5.41) is 0.485. The lowest BCUT2D eigenvalue weighted by molar-refractivity contribution is 0.451. The van der Waals surface area contributed by atoms with E-state index in [0.29, 0.717) is 17.9 Å². The van der Waals surface area contributed by atoms with E-state index in [1.807, 2.05) is 13.8 Å². The number of nitrogens with one attached hydrogen (secondary N) is 1. The van der Waals surface area contributed by atoms with Crippen LogP contribution >= 0.6 is 23.2 Å². The fourth-order valence-corrected chi connectivity index (χ4v) is 3.45. The third-order valence-corrected chi connectivity index (χ3v) is 5.29. The number of sulfonamides is 1. The monoisotopic (exact) mass is 319 g/mol. The van der Waals surface area contributed by atoms with Crippen molar-refractivity contribution in [2.75, 3.05) is 0 Å². The maximum atomic E-state index is 12.3. The Labute approximate surface area is 124 Å². The van der Waals surface area contributed by atoms with Crippen molar-refractivity contribution in [2.24, 2.45) is 0 Å². The lowest BCUT2D eigenvalue weighted by Gasteiger charge is -2.26. The fraction of sp³-hybridized carbons (Fsp3) is 0.385. The van der Waals surface area contributed by atoms with E-state index >= 15 is 0 Å². The molecule has 0 aliphatic heterocycles. The quantitative estimate of drug-likeness (QED) is 0.845. The van der Waals surface area contributed by atoms with Gasteiger partial charge in [0.15, 0.2) is 0 Å². The topological polar surface area (TPSA) is 46.2 Å². The van der Waals surface area contributed by atoms with Gasteiger partial charge in [0, 0.05) is 0 Å². The average Bonchev–Trinajstić information content (AvgIpc) is 2.39. The molecule has 0 aliphatic rings. The van der Waals surface area contributed by atoms with Gasteiger partial charge in [-0.3, -0.25) is 0 Å². The Morgan fingerprint density at radius 1 is 1.26 bits per heavy atom. The molecule has 0 unspecified atom stereocenters. The first-order valence-corrected chi connectivity index (χ1v) is 8.01.